The second-order valence-electron chi connectivity index (χ2n) is 7.00. The van der Waals surface area contributed by atoms with Gasteiger partial charge in [-0.2, -0.15) is 5.10 Å². The highest BCUT2D eigenvalue weighted by Crippen LogP contribution is 2.32. The highest BCUT2D eigenvalue weighted by Gasteiger charge is 2.26. The fraction of sp³-hybridized carbons (Fsp3) is 0.115. The zero-order chi connectivity index (χ0) is 21.6. The van der Waals surface area contributed by atoms with Crippen LogP contribution in [-0.2, 0) is 11.3 Å². The minimum absolute atomic E-state index is 0.00201. The van der Waals surface area contributed by atoms with Crippen molar-refractivity contribution in [3.8, 4) is 22.4 Å². The van der Waals surface area contributed by atoms with Crippen LogP contribution in [0.5, 0.6) is 0 Å². The summed E-state index contributed by atoms with van der Waals surface area (Å²) in [6.07, 6.45) is 0. The Morgan fingerprint density at radius 1 is 0.839 bits per heavy atom. The number of benzene rings is 3. The molecule has 154 valence electrons. The monoisotopic (exact) mass is 410 g/mol. The van der Waals surface area contributed by atoms with E-state index in [-0.39, 0.29) is 18.7 Å². The van der Waals surface area contributed by atoms with Gasteiger partial charge in [0.1, 0.15) is 5.56 Å². The molecule has 5 nitrogen and oxygen atoms in total. The first-order valence-electron chi connectivity index (χ1n) is 10.2. The Morgan fingerprint density at radius 2 is 1.39 bits per heavy atom. The van der Waals surface area contributed by atoms with Gasteiger partial charge in [0.05, 0.1) is 18.8 Å². The summed E-state index contributed by atoms with van der Waals surface area (Å²) in [6, 6.07) is 28.5. The Kier molecular flexibility index (Phi) is 6.03. The van der Waals surface area contributed by atoms with Crippen molar-refractivity contribution in [3.05, 3.63) is 112 Å². The molecule has 0 N–H and O–H groups in total. The Morgan fingerprint density at radius 3 is 1.97 bits per heavy atom. The summed E-state index contributed by atoms with van der Waals surface area (Å²) in [5, 5.41) is 4.71. The zero-order valence-electron chi connectivity index (χ0n) is 17.2. The maximum atomic E-state index is 13.5. The average molecular weight is 410 g/mol. The third-order valence-corrected chi connectivity index (χ3v) is 4.92. The van der Waals surface area contributed by atoms with Crippen LogP contribution in [0.1, 0.15) is 22.8 Å². The molecule has 4 aromatic rings. The zero-order valence-corrected chi connectivity index (χ0v) is 17.2. The molecule has 5 heteroatoms. The van der Waals surface area contributed by atoms with Gasteiger partial charge in [-0.1, -0.05) is 91.0 Å². The normalized spacial score (nSPS) is 10.6. The van der Waals surface area contributed by atoms with Crippen LogP contribution < -0.4 is 5.56 Å². The third-order valence-electron chi connectivity index (χ3n) is 4.92. The summed E-state index contributed by atoms with van der Waals surface area (Å²) in [4.78, 5) is 26.5. The van der Waals surface area contributed by atoms with Crippen molar-refractivity contribution in [2.45, 2.75) is 13.5 Å². The van der Waals surface area contributed by atoms with Crippen molar-refractivity contribution in [2.75, 3.05) is 6.61 Å². The molecule has 31 heavy (non-hydrogen) atoms. The molecule has 0 aliphatic carbocycles. The van der Waals surface area contributed by atoms with Crippen LogP contribution in [0.25, 0.3) is 22.4 Å². The largest absolute Gasteiger partial charge is 0.462 e. The van der Waals surface area contributed by atoms with E-state index in [4.69, 9.17) is 9.84 Å². The molecule has 4 rings (SSSR count). The minimum atomic E-state index is -0.646. The molecule has 0 amide bonds. The van der Waals surface area contributed by atoms with Crippen molar-refractivity contribution in [3.63, 3.8) is 0 Å². The van der Waals surface area contributed by atoms with Crippen molar-refractivity contribution < 1.29 is 9.53 Å². The van der Waals surface area contributed by atoms with Crippen LogP contribution in [0.2, 0.25) is 0 Å². The maximum absolute atomic E-state index is 13.5. The summed E-state index contributed by atoms with van der Waals surface area (Å²) in [5.74, 6) is -0.646. The standard InChI is InChI=1S/C26H22N2O3/c1-2-31-26(30)23-22(20-14-8-4-9-15-20)24(21-16-10-5-11-17-21)27-28(25(23)29)18-19-12-6-3-7-13-19/h3-17H,2,18H2,1H3. The number of hydrogen-bond donors (Lipinski definition) is 0. The number of esters is 1. The molecule has 0 fully saturated rings. The molecule has 0 unspecified atom stereocenters. The topological polar surface area (TPSA) is 61.2 Å². The number of nitrogens with zero attached hydrogens (tertiary/aromatic N) is 2. The van der Waals surface area contributed by atoms with E-state index in [1.54, 1.807) is 6.92 Å². The van der Waals surface area contributed by atoms with Gasteiger partial charge in [0.25, 0.3) is 5.56 Å². The summed E-state index contributed by atoms with van der Waals surface area (Å²) in [7, 11) is 0. The van der Waals surface area contributed by atoms with E-state index in [1.165, 1.54) is 4.68 Å². The van der Waals surface area contributed by atoms with Gasteiger partial charge in [0, 0.05) is 11.1 Å². The van der Waals surface area contributed by atoms with Crippen molar-refractivity contribution >= 4 is 5.97 Å². The van der Waals surface area contributed by atoms with Crippen molar-refractivity contribution in [1.82, 2.24) is 9.78 Å². The van der Waals surface area contributed by atoms with E-state index in [0.717, 1.165) is 16.7 Å². The molecule has 3 aromatic carbocycles. The van der Waals surface area contributed by atoms with Gasteiger partial charge >= 0.3 is 5.97 Å². The van der Waals surface area contributed by atoms with Crippen LogP contribution in [0.15, 0.2) is 95.8 Å². The lowest BCUT2D eigenvalue weighted by Gasteiger charge is -2.17. The summed E-state index contributed by atoms with van der Waals surface area (Å²) in [5.41, 5.74) is 3.04. The van der Waals surface area contributed by atoms with Gasteiger partial charge in [-0.05, 0) is 18.1 Å². The number of aromatic nitrogens is 2. The maximum Gasteiger partial charge on any atom is 0.344 e. The lowest BCUT2D eigenvalue weighted by molar-refractivity contribution is 0.0524. The van der Waals surface area contributed by atoms with Crippen LogP contribution in [0.4, 0.5) is 0 Å². The third kappa shape index (κ3) is 4.31. The molecular weight excluding hydrogens is 388 g/mol. The van der Waals surface area contributed by atoms with Crippen LogP contribution in [0, 0.1) is 0 Å². The van der Waals surface area contributed by atoms with Gasteiger partial charge in [-0.15, -0.1) is 0 Å². The second kappa shape index (κ2) is 9.22. The Hall–Kier alpha value is -3.99. The van der Waals surface area contributed by atoms with Gasteiger partial charge < -0.3 is 4.74 Å². The summed E-state index contributed by atoms with van der Waals surface area (Å²) < 4.78 is 6.63. The fourth-order valence-corrected chi connectivity index (χ4v) is 3.51. The van der Waals surface area contributed by atoms with E-state index < -0.39 is 11.5 Å². The molecule has 0 saturated heterocycles. The second-order valence-corrected chi connectivity index (χ2v) is 7.00. The summed E-state index contributed by atoms with van der Waals surface area (Å²) >= 11 is 0. The quantitative estimate of drug-likeness (QED) is 0.428. The highest BCUT2D eigenvalue weighted by molar-refractivity contribution is 6.00. The smallest absolute Gasteiger partial charge is 0.344 e. The van der Waals surface area contributed by atoms with Gasteiger partial charge in [0.2, 0.25) is 0 Å². The van der Waals surface area contributed by atoms with Crippen LogP contribution in [0.3, 0.4) is 0 Å². The first-order valence-corrected chi connectivity index (χ1v) is 10.2. The lowest BCUT2D eigenvalue weighted by Crippen LogP contribution is -2.31. The van der Waals surface area contributed by atoms with Crippen LogP contribution in [-0.4, -0.2) is 22.4 Å². The summed E-state index contributed by atoms with van der Waals surface area (Å²) in [6.45, 7) is 2.15. The molecule has 0 aliphatic heterocycles. The molecule has 1 heterocycles. The fourth-order valence-electron chi connectivity index (χ4n) is 3.51. The first kappa shape index (κ1) is 20.3. The van der Waals surface area contributed by atoms with Gasteiger partial charge in [-0.3, -0.25) is 4.79 Å². The van der Waals surface area contributed by atoms with E-state index in [1.807, 2.05) is 91.0 Å². The molecule has 0 bridgehead atoms. The molecule has 0 spiro atoms. The van der Waals surface area contributed by atoms with Crippen molar-refractivity contribution in [1.29, 1.82) is 0 Å². The Bertz CT molecular complexity index is 1230. The first-order chi connectivity index (χ1) is 15.2. The van der Waals surface area contributed by atoms with Crippen molar-refractivity contribution in [2.24, 2.45) is 0 Å². The Labute approximate surface area is 180 Å². The SMILES string of the molecule is CCOC(=O)c1c(-c2ccccc2)c(-c2ccccc2)nn(Cc2ccccc2)c1=O. The number of carbonyl (C=O) groups is 1. The van der Waals surface area contributed by atoms with Crippen LogP contribution >= 0.6 is 0 Å². The molecule has 0 saturated carbocycles. The molecule has 0 aliphatic rings. The number of rotatable bonds is 6. The lowest BCUT2D eigenvalue weighted by atomic mass is 9.95. The average Bonchev–Trinajstić information content (AvgIpc) is 2.82. The highest BCUT2D eigenvalue weighted by atomic mass is 16.5. The van der Waals surface area contributed by atoms with E-state index in [0.29, 0.717) is 11.3 Å². The van der Waals surface area contributed by atoms with Gasteiger partial charge in [-0.25, -0.2) is 9.48 Å². The number of carbonyl (C=O) groups excluding carboxylic acids is 1. The van der Waals surface area contributed by atoms with E-state index in [9.17, 15) is 9.59 Å². The molecule has 0 atom stereocenters. The molecule has 0 radical (unpaired) electrons. The number of ether oxygens (including phenoxy) is 1. The van der Waals surface area contributed by atoms with E-state index >= 15 is 0 Å². The Balaban J connectivity index is 2.03. The number of hydrogen-bond acceptors (Lipinski definition) is 4. The molecular formula is C26H22N2O3. The minimum Gasteiger partial charge on any atom is -0.462 e. The van der Waals surface area contributed by atoms with E-state index in [2.05, 4.69) is 0 Å². The molecule has 1 aromatic heterocycles. The van der Waals surface area contributed by atoms with Gasteiger partial charge in [0.15, 0.2) is 0 Å². The predicted molar refractivity (Wildman–Crippen MR) is 121 cm³/mol. The predicted octanol–water partition coefficient (Wildman–Crippen LogP) is 4.80.